The van der Waals surface area contributed by atoms with Crippen LogP contribution in [0.15, 0.2) is 65.8 Å². The topological polar surface area (TPSA) is 30.8 Å². The third-order valence-electron chi connectivity index (χ3n) is 4.05. The first kappa shape index (κ1) is 11.7. The van der Waals surface area contributed by atoms with Gasteiger partial charge < -0.3 is 9.57 Å². The fourth-order valence-electron chi connectivity index (χ4n) is 3.10. The second-order valence-corrected chi connectivity index (χ2v) is 5.19. The van der Waals surface area contributed by atoms with Gasteiger partial charge in [0.05, 0.1) is 12.5 Å². The molecule has 2 aliphatic rings. The number of hydrogen-bond donors (Lipinski definition) is 0. The lowest BCUT2D eigenvalue weighted by Gasteiger charge is -2.29. The predicted molar refractivity (Wildman–Crippen MR) is 76.5 cm³/mol. The molecule has 0 aliphatic carbocycles. The Morgan fingerprint density at radius 2 is 1.45 bits per heavy atom. The van der Waals surface area contributed by atoms with Gasteiger partial charge in [0.2, 0.25) is 0 Å². The largest absolute Gasteiger partial charge is 0.395 e. The zero-order chi connectivity index (χ0) is 13.4. The molecule has 1 saturated heterocycles. The van der Waals surface area contributed by atoms with Gasteiger partial charge in [0.15, 0.2) is 5.60 Å². The van der Waals surface area contributed by atoms with E-state index in [1.165, 1.54) is 0 Å². The van der Waals surface area contributed by atoms with Crippen molar-refractivity contribution in [3.63, 3.8) is 0 Å². The van der Waals surface area contributed by atoms with Crippen LogP contribution >= 0.6 is 0 Å². The van der Waals surface area contributed by atoms with Crippen molar-refractivity contribution in [3.05, 3.63) is 71.8 Å². The van der Waals surface area contributed by atoms with E-state index < -0.39 is 5.60 Å². The average Bonchev–Trinajstić information content (AvgIpc) is 3.11. The third-order valence-corrected chi connectivity index (χ3v) is 4.05. The Hall–Kier alpha value is -2.13. The fraction of sp³-hybridized carbons (Fsp3) is 0.235. The maximum absolute atomic E-state index is 6.27. The predicted octanol–water partition coefficient (Wildman–Crippen LogP) is 2.96. The zero-order valence-electron chi connectivity index (χ0n) is 11.0. The smallest absolute Gasteiger partial charge is 0.160 e. The van der Waals surface area contributed by atoms with Gasteiger partial charge in [-0.2, -0.15) is 0 Å². The summed E-state index contributed by atoms with van der Waals surface area (Å²) in [6.45, 7) is 1.28. The minimum absolute atomic E-state index is 0.260. The van der Waals surface area contributed by atoms with Crippen LogP contribution in [0.5, 0.6) is 0 Å². The Labute approximate surface area is 117 Å². The molecule has 20 heavy (non-hydrogen) atoms. The van der Waals surface area contributed by atoms with Crippen LogP contribution in [0.1, 0.15) is 11.1 Å². The van der Waals surface area contributed by atoms with Crippen LogP contribution in [-0.4, -0.2) is 18.9 Å². The van der Waals surface area contributed by atoms with Gasteiger partial charge in [0.25, 0.3) is 0 Å². The summed E-state index contributed by atoms with van der Waals surface area (Å²) in [7, 11) is 0. The van der Waals surface area contributed by atoms with Crippen molar-refractivity contribution in [1.82, 2.24) is 0 Å². The van der Waals surface area contributed by atoms with Gasteiger partial charge in [0, 0.05) is 0 Å². The molecule has 0 spiro atoms. The van der Waals surface area contributed by atoms with Crippen LogP contribution in [0.2, 0.25) is 0 Å². The van der Waals surface area contributed by atoms with Crippen LogP contribution in [-0.2, 0) is 15.2 Å². The summed E-state index contributed by atoms with van der Waals surface area (Å²) in [5, 5.41) is 4.30. The lowest BCUT2D eigenvalue weighted by Crippen LogP contribution is -2.35. The molecule has 0 radical (unpaired) electrons. The molecule has 0 unspecified atom stereocenters. The molecule has 0 saturated carbocycles. The molecule has 2 aliphatic heterocycles. The SMILES string of the molecule is c1ccc(C2(c3ccccc3)OC[C@H]3CON=C32)cc1. The summed E-state index contributed by atoms with van der Waals surface area (Å²) in [4.78, 5) is 5.32. The van der Waals surface area contributed by atoms with Gasteiger partial charge in [-0.1, -0.05) is 65.8 Å². The summed E-state index contributed by atoms with van der Waals surface area (Å²) >= 11 is 0. The normalized spacial score (nSPS) is 23.0. The Balaban J connectivity index is 1.95. The van der Waals surface area contributed by atoms with Crippen LogP contribution < -0.4 is 0 Å². The van der Waals surface area contributed by atoms with E-state index in [1.807, 2.05) is 36.4 Å². The maximum Gasteiger partial charge on any atom is 0.160 e. The molecular weight excluding hydrogens is 250 g/mol. The quantitative estimate of drug-likeness (QED) is 0.835. The van der Waals surface area contributed by atoms with Crippen molar-refractivity contribution in [2.75, 3.05) is 13.2 Å². The van der Waals surface area contributed by atoms with E-state index in [2.05, 4.69) is 29.4 Å². The first-order chi connectivity index (χ1) is 9.91. The highest BCUT2D eigenvalue weighted by atomic mass is 16.6. The molecule has 1 atom stereocenters. The van der Waals surface area contributed by atoms with Gasteiger partial charge in [-0.05, 0) is 11.1 Å². The van der Waals surface area contributed by atoms with Crippen LogP contribution in [0.25, 0.3) is 0 Å². The van der Waals surface area contributed by atoms with Crippen molar-refractivity contribution >= 4 is 5.71 Å². The summed E-state index contributed by atoms with van der Waals surface area (Å²) in [5.74, 6) is 0.260. The number of ether oxygens (including phenoxy) is 1. The number of oxime groups is 1. The molecule has 100 valence electrons. The van der Waals surface area contributed by atoms with E-state index in [9.17, 15) is 0 Å². The minimum Gasteiger partial charge on any atom is -0.395 e. The summed E-state index contributed by atoms with van der Waals surface area (Å²) in [6.07, 6.45) is 0. The van der Waals surface area contributed by atoms with Crippen molar-refractivity contribution in [1.29, 1.82) is 0 Å². The van der Waals surface area contributed by atoms with E-state index >= 15 is 0 Å². The second-order valence-electron chi connectivity index (χ2n) is 5.19. The molecular formula is C17H15NO2. The minimum atomic E-state index is -0.594. The van der Waals surface area contributed by atoms with Gasteiger partial charge in [0.1, 0.15) is 12.3 Å². The third kappa shape index (κ3) is 1.53. The molecule has 3 nitrogen and oxygen atoms in total. The van der Waals surface area contributed by atoms with Crippen molar-refractivity contribution in [2.24, 2.45) is 11.1 Å². The van der Waals surface area contributed by atoms with Crippen molar-refractivity contribution in [3.8, 4) is 0 Å². The van der Waals surface area contributed by atoms with E-state index in [1.54, 1.807) is 0 Å². The number of nitrogens with zero attached hydrogens (tertiary/aromatic N) is 1. The van der Waals surface area contributed by atoms with Crippen molar-refractivity contribution in [2.45, 2.75) is 5.60 Å². The summed E-state index contributed by atoms with van der Waals surface area (Å²) in [6, 6.07) is 20.5. The molecule has 2 aromatic carbocycles. The first-order valence-corrected chi connectivity index (χ1v) is 6.86. The molecule has 4 rings (SSSR count). The molecule has 1 fully saturated rings. The fourth-order valence-corrected chi connectivity index (χ4v) is 3.10. The van der Waals surface area contributed by atoms with Gasteiger partial charge in [-0.25, -0.2) is 0 Å². The number of benzene rings is 2. The zero-order valence-corrected chi connectivity index (χ0v) is 11.0. The van der Waals surface area contributed by atoms with Gasteiger partial charge in [-0.15, -0.1) is 0 Å². The van der Waals surface area contributed by atoms with Gasteiger partial charge in [-0.3, -0.25) is 0 Å². The lowest BCUT2D eigenvalue weighted by atomic mass is 9.80. The Morgan fingerprint density at radius 1 is 0.850 bits per heavy atom. The summed E-state index contributed by atoms with van der Waals surface area (Å²) in [5.41, 5.74) is 2.62. The van der Waals surface area contributed by atoms with E-state index in [0.29, 0.717) is 13.2 Å². The van der Waals surface area contributed by atoms with Crippen LogP contribution in [0, 0.1) is 5.92 Å². The van der Waals surface area contributed by atoms with Gasteiger partial charge >= 0.3 is 0 Å². The van der Waals surface area contributed by atoms with Crippen LogP contribution in [0.3, 0.4) is 0 Å². The Kier molecular flexibility index (Phi) is 2.60. The molecule has 2 heterocycles. The van der Waals surface area contributed by atoms with E-state index in [0.717, 1.165) is 16.8 Å². The van der Waals surface area contributed by atoms with E-state index in [4.69, 9.17) is 9.57 Å². The Bertz CT molecular complexity index is 597. The summed E-state index contributed by atoms with van der Waals surface area (Å²) < 4.78 is 6.27. The van der Waals surface area contributed by atoms with E-state index in [-0.39, 0.29) is 5.92 Å². The number of rotatable bonds is 2. The molecule has 0 N–H and O–H groups in total. The average molecular weight is 265 g/mol. The molecule has 0 bridgehead atoms. The Morgan fingerprint density at radius 3 is 2.05 bits per heavy atom. The molecule has 2 aromatic rings. The standard InChI is InChI=1S/C17H15NO2/c1-3-7-14(8-4-1)17(15-9-5-2-6-10-15)16-13(11-19-17)12-20-18-16/h1-10,13H,11-12H2/t13-/m0/s1. The molecule has 0 amide bonds. The monoisotopic (exact) mass is 265 g/mol. The van der Waals surface area contributed by atoms with Crippen molar-refractivity contribution < 1.29 is 9.57 Å². The highest BCUT2D eigenvalue weighted by Gasteiger charge is 2.52. The number of hydrogen-bond acceptors (Lipinski definition) is 3. The molecule has 3 heteroatoms. The maximum atomic E-state index is 6.27. The molecule has 0 aromatic heterocycles. The highest BCUT2D eigenvalue weighted by Crippen LogP contribution is 2.44. The van der Waals surface area contributed by atoms with Crippen LogP contribution in [0.4, 0.5) is 0 Å². The second kappa shape index (κ2) is 4.46. The number of fused-ring (bicyclic) bond motifs is 1. The lowest BCUT2D eigenvalue weighted by molar-refractivity contribution is 0.0363. The first-order valence-electron chi connectivity index (χ1n) is 6.86. The highest BCUT2D eigenvalue weighted by molar-refractivity contribution is 6.00.